The summed E-state index contributed by atoms with van der Waals surface area (Å²) in [5.41, 5.74) is 3.29. The highest BCUT2D eigenvalue weighted by Crippen LogP contribution is 2.35. The number of carboxylic acids is 1. The molecule has 0 spiro atoms. The molecule has 26 heavy (non-hydrogen) atoms. The Morgan fingerprint density at radius 2 is 2.00 bits per heavy atom. The molecule has 2 N–H and O–H groups in total. The third kappa shape index (κ3) is 4.19. The minimum absolute atomic E-state index is 0.0140. The fourth-order valence-electron chi connectivity index (χ4n) is 3.61. The van der Waals surface area contributed by atoms with Crippen LogP contribution in [0, 0.1) is 12.8 Å². The summed E-state index contributed by atoms with van der Waals surface area (Å²) in [5, 5.41) is 12.8. The SMILES string of the molecule is CCCNc1ncc(CN2C[C@@H](C(=O)O)[C@H](c3ccccc3C)C2)cn1. The summed E-state index contributed by atoms with van der Waals surface area (Å²) in [6.45, 7) is 6.94. The van der Waals surface area contributed by atoms with Crippen molar-refractivity contribution in [3.63, 3.8) is 0 Å². The van der Waals surface area contributed by atoms with Gasteiger partial charge in [0.1, 0.15) is 0 Å². The molecule has 1 aliphatic heterocycles. The van der Waals surface area contributed by atoms with E-state index in [4.69, 9.17) is 0 Å². The summed E-state index contributed by atoms with van der Waals surface area (Å²) in [6.07, 6.45) is 4.67. The van der Waals surface area contributed by atoms with Crippen LogP contribution in [0.25, 0.3) is 0 Å². The quantitative estimate of drug-likeness (QED) is 0.796. The number of benzene rings is 1. The fourth-order valence-corrected chi connectivity index (χ4v) is 3.61. The Labute approximate surface area is 154 Å². The molecule has 1 aromatic carbocycles. The average Bonchev–Trinajstić information content (AvgIpc) is 3.05. The molecule has 2 aromatic rings. The third-order valence-electron chi connectivity index (χ3n) is 4.95. The lowest BCUT2D eigenvalue weighted by Gasteiger charge is -2.18. The molecular weight excluding hydrogens is 328 g/mol. The summed E-state index contributed by atoms with van der Waals surface area (Å²) in [7, 11) is 0. The second-order valence-corrected chi connectivity index (χ2v) is 6.94. The van der Waals surface area contributed by atoms with E-state index in [9.17, 15) is 9.90 Å². The molecule has 0 bridgehead atoms. The van der Waals surface area contributed by atoms with Gasteiger partial charge in [-0.15, -0.1) is 0 Å². The number of rotatable bonds is 7. The zero-order valence-electron chi connectivity index (χ0n) is 15.4. The Balaban J connectivity index is 1.70. The molecule has 1 fully saturated rings. The van der Waals surface area contributed by atoms with E-state index in [1.807, 2.05) is 37.5 Å². The Hall–Kier alpha value is -2.47. The normalized spacial score (nSPS) is 20.2. The van der Waals surface area contributed by atoms with Crippen LogP contribution in [0.1, 0.15) is 36.0 Å². The maximum Gasteiger partial charge on any atom is 0.308 e. The first-order chi connectivity index (χ1) is 12.6. The molecule has 1 aliphatic rings. The minimum Gasteiger partial charge on any atom is -0.481 e. The first-order valence-corrected chi connectivity index (χ1v) is 9.14. The molecule has 0 unspecified atom stereocenters. The first-order valence-electron chi connectivity index (χ1n) is 9.14. The summed E-state index contributed by atoms with van der Waals surface area (Å²) in [5.74, 6) is -0.461. The van der Waals surface area contributed by atoms with Crippen molar-refractivity contribution < 1.29 is 9.90 Å². The average molecular weight is 354 g/mol. The van der Waals surface area contributed by atoms with Gasteiger partial charge in [0.05, 0.1) is 5.92 Å². The standard InChI is InChI=1S/C20H26N4O2/c1-3-8-21-20-22-9-15(10-23-20)11-24-12-17(18(13-24)19(25)26)16-7-5-4-6-14(16)2/h4-7,9-10,17-18H,3,8,11-13H2,1-2H3,(H,25,26)(H,21,22,23)/t17-,18+/m0/s1. The maximum absolute atomic E-state index is 11.8. The topological polar surface area (TPSA) is 78.4 Å². The van der Waals surface area contributed by atoms with Crippen molar-refractivity contribution in [2.45, 2.75) is 32.7 Å². The first kappa shape index (κ1) is 18.3. The number of carboxylic acid groups (broad SMARTS) is 1. The molecule has 6 nitrogen and oxygen atoms in total. The van der Waals surface area contributed by atoms with Gasteiger partial charge >= 0.3 is 5.97 Å². The predicted molar refractivity (Wildman–Crippen MR) is 101 cm³/mol. The monoisotopic (exact) mass is 354 g/mol. The van der Waals surface area contributed by atoms with Crippen LogP contribution in [0.2, 0.25) is 0 Å². The highest BCUT2D eigenvalue weighted by molar-refractivity contribution is 5.72. The van der Waals surface area contributed by atoms with Crippen LogP contribution in [0.15, 0.2) is 36.7 Å². The number of aryl methyl sites for hydroxylation is 1. The zero-order chi connectivity index (χ0) is 18.5. The number of likely N-dealkylation sites (tertiary alicyclic amines) is 1. The van der Waals surface area contributed by atoms with E-state index in [0.717, 1.165) is 36.2 Å². The Morgan fingerprint density at radius 3 is 2.65 bits per heavy atom. The minimum atomic E-state index is -0.726. The lowest BCUT2D eigenvalue weighted by Crippen LogP contribution is -2.23. The van der Waals surface area contributed by atoms with E-state index in [1.54, 1.807) is 0 Å². The number of anilines is 1. The van der Waals surface area contributed by atoms with Gasteiger partial charge in [0.25, 0.3) is 0 Å². The van der Waals surface area contributed by atoms with Crippen molar-refractivity contribution in [3.8, 4) is 0 Å². The second-order valence-electron chi connectivity index (χ2n) is 6.94. The number of aromatic nitrogens is 2. The van der Waals surface area contributed by atoms with Crippen molar-refractivity contribution in [3.05, 3.63) is 53.3 Å². The summed E-state index contributed by atoms with van der Waals surface area (Å²) < 4.78 is 0. The number of carbonyl (C=O) groups is 1. The van der Waals surface area contributed by atoms with E-state index in [-0.39, 0.29) is 11.8 Å². The molecule has 0 aliphatic carbocycles. The van der Waals surface area contributed by atoms with E-state index in [1.165, 1.54) is 0 Å². The number of aliphatic carboxylic acids is 1. The zero-order valence-corrected chi connectivity index (χ0v) is 15.4. The van der Waals surface area contributed by atoms with Crippen LogP contribution >= 0.6 is 0 Å². The highest BCUT2D eigenvalue weighted by atomic mass is 16.4. The van der Waals surface area contributed by atoms with Crippen molar-refractivity contribution in [1.82, 2.24) is 14.9 Å². The van der Waals surface area contributed by atoms with Gasteiger partial charge < -0.3 is 10.4 Å². The molecule has 0 radical (unpaired) electrons. The molecule has 1 saturated heterocycles. The van der Waals surface area contributed by atoms with Crippen molar-refractivity contribution in [2.75, 3.05) is 25.0 Å². The summed E-state index contributed by atoms with van der Waals surface area (Å²) in [4.78, 5) is 22.6. The summed E-state index contributed by atoms with van der Waals surface area (Å²) in [6, 6.07) is 8.08. The predicted octanol–water partition coefficient (Wildman–Crippen LogP) is 2.91. The molecule has 0 amide bonds. The van der Waals surface area contributed by atoms with Gasteiger partial charge in [-0.1, -0.05) is 31.2 Å². The Bertz CT molecular complexity index is 748. The van der Waals surface area contributed by atoms with Crippen LogP contribution in [0.5, 0.6) is 0 Å². The number of hydrogen-bond acceptors (Lipinski definition) is 5. The molecule has 2 heterocycles. The van der Waals surface area contributed by atoms with Gasteiger partial charge in [0.2, 0.25) is 5.95 Å². The maximum atomic E-state index is 11.8. The lowest BCUT2D eigenvalue weighted by atomic mass is 9.86. The van der Waals surface area contributed by atoms with Gasteiger partial charge in [-0.05, 0) is 24.5 Å². The van der Waals surface area contributed by atoms with Crippen molar-refractivity contribution >= 4 is 11.9 Å². The molecule has 138 valence electrons. The molecule has 6 heteroatoms. The van der Waals surface area contributed by atoms with Crippen LogP contribution < -0.4 is 5.32 Å². The smallest absolute Gasteiger partial charge is 0.308 e. The van der Waals surface area contributed by atoms with Gasteiger partial charge in [0.15, 0.2) is 0 Å². The van der Waals surface area contributed by atoms with Gasteiger partial charge in [-0.25, -0.2) is 9.97 Å². The number of hydrogen-bond donors (Lipinski definition) is 2. The molecule has 0 saturated carbocycles. The van der Waals surface area contributed by atoms with Gasteiger partial charge in [-0.3, -0.25) is 9.69 Å². The van der Waals surface area contributed by atoms with Crippen LogP contribution in [0.4, 0.5) is 5.95 Å². The van der Waals surface area contributed by atoms with Gasteiger partial charge in [-0.2, -0.15) is 0 Å². The lowest BCUT2D eigenvalue weighted by molar-refractivity contribution is -0.141. The second kappa shape index (κ2) is 8.27. The van der Waals surface area contributed by atoms with E-state index in [2.05, 4.69) is 33.2 Å². The van der Waals surface area contributed by atoms with E-state index < -0.39 is 5.97 Å². The summed E-state index contributed by atoms with van der Waals surface area (Å²) >= 11 is 0. The number of nitrogens with one attached hydrogen (secondary N) is 1. The van der Waals surface area contributed by atoms with Crippen molar-refractivity contribution in [1.29, 1.82) is 0 Å². The fraction of sp³-hybridized carbons (Fsp3) is 0.450. The molecule has 2 atom stereocenters. The van der Waals surface area contributed by atoms with Crippen LogP contribution in [-0.4, -0.2) is 45.6 Å². The highest BCUT2D eigenvalue weighted by Gasteiger charge is 2.38. The molecular formula is C20H26N4O2. The van der Waals surface area contributed by atoms with Gasteiger partial charge in [0, 0.05) is 50.1 Å². The number of nitrogens with zero attached hydrogens (tertiary/aromatic N) is 3. The van der Waals surface area contributed by atoms with E-state index in [0.29, 0.717) is 19.0 Å². The van der Waals surface area contributed by atoms with Crippen LogP contribution in [-0.2, 0) is 11.3 Å². The largest absolute Gasteiger partial charge is 0.481 e. The Morgan fingerprint density at radius 1 is 1.27 bits per heavy atom. The Kier molecular flexibility index (Phi) is 5.83. The third-order valence-corrected chi connectivity index (χ3v) is 4.95. The van der Waals surface area contributed by atoms with Crippen molar-refractivity contribution in [2.24, 2.45) is 5.92 Å². The van der Waals surface area contributed by atoms with E-state index >= 15 is 0 Å². The van der Waals surface area contributed by atoms with Crippen LogP contribution in [0.3, 0.4) is 0 Å². The molecule has 3 rings (SSSR count). The molecule has 1 aromatic heterocycles.